The second kappa shape index (κ2) is 8.78. The molecule has 0 bridgehead atoms. The Hall–Kier alpha value is -2.33. The minimum atomic E-state index is -0.229. The van der Waals surface area contributed by atoms with E-state index >= 15 is 0 Å². The first-order chi connectivity index (χ1) is 13.7. The highest BCUT2D eigenvalue weighted by Crippen LogP contribution is 2.40. The summed E-state index contributed by atoms with van der Waals surface area (Å²) in [6.07, 6.45) is 6.73. The Labute approximate surface area is 170 Å². The van der Waals surface area contributed by atoms with Crippen molar-refractivity contribution < 1.29 is 9.59 Å². The average Bonchev–Trinajstić information content (AvgIpc) is 2.74. The number of likely N-dealkylation sites (tertiary alicyclic amines) is 1. The molecule has 0 aromatic heterocycles. The van der Waals surface area contributed by atoms with Gasteiger partial charge in [0.1, 0.15) is 0 Å². The van der Waals surface area contributed by atoms with Gasteiger partial charge in [0.25, 0.3) is 0 Å². The van der Waals surface area contributed by atoms with E-state index in [1.807, 2.05) is 53.4 Å². The van der Waals surface area contributed by atoms with E-state index in [9.17, 15) is 9.59 Å². The van der Waals surface area contributed by atoms with E-state index in [-0.39, 0.29) is 28.8 Å². The first-order valence-electron chi connectivity index (χ1n) is 9.98. The van der Waals surface area contributed by atoms with Crippen molar-refractivity contribution in [1.29, 1.82) is 0 Å². The molecular formula is C24H25NO2S. The molecule has 2 aromatic carbocycles. The average molecular weight is 392 g/mol. The van der Waals surface area contributed by atoms with Gasteiger partial charge in [-0.05, 0) is 42.9 Å². The van der Waals surface area contributed by atoms with E-state index < -0.39 is 0 Å². The van der Waals surface area contributed by atoms with Gasteiger partial charge in [0.05, 0.1) is 5.92 Å². The van der Waals surface area contributed by atoms with Crippen LogP contribution in [0.15, 0.2) is 77.7 Å². The first-order valence-corrected chi connectivity index (χ1v) is 10.8. The Kier molecular flexibility index (Phi) is 5.96. The monoisotopic (exact) mass is 391 g/mol. The lowest BCUT2D eigenvalue weighted by Gasteiger charge is -2.41. The van der Waals surface area contributed by atoms with Crippen LogP contribution in [0.2, 0.25) is 0 Å². The number of fused-ring (bicyclic) bond motifs is 1. The van der Waals surface area contributed by atoms with Crippen LogP contribution in [0, 0.1) is 17.8 Å². The Bertz CT molecular complexity index is 849. The molecule has 1 amide bonds. The fourth-order valence-corrected chi connectivity index (χ4v) is 5.20. The zero-order chi connectivity index (χ0) is 19.3. The van der Waals surface area contributed by atoms with Gasteiger partial charge in [0, 0.05) is 23.9 Å². The minimum absolute atomic E-state index is 0.115. The van der Waals surface area contributed by atoms with Crippen molar-refractivity contribution in [2.75, 3.05) is 13.1 Å². The topological polar surface area (TPSA) is 37.4 Å². The maximum absolute atomic E-state index is 13.3. The molecule has 1 heterocycles. The lowest BCUT2D eigenvalue weighted by Crippen LogP contribution is -2.50. The predicted octanol–water partition coefficient (Wildman–Crippen LogP) is 4.59. The third-order valence-corrected chi connectivity index (χ3v) is 6.79. The predicted molar refractivity (Wildman–Crippen MR) is 113 cm³/mol. The molecule has 28 heavy (non-hydrogen) atoms. The van der Waals surface area contributed by atoms with Crippen LogP contribution in [-0.2, 0) is 16.0 Å². The van der Waals surface area contributed by atoms with Crippen LogP contribution in [-0.4, -0.2) is 29.0 Å². The van der Waals surface area contributed by atoms with Gasteiger partial charge < -0.3 is 4.90 Å². The molecule has 2 aliphatic rings. The second-order valence-electron chi connectivity index (χ2n) is 7.54. The molecule has 4 rings (SSSR count). The standard InChI is InChI=1S/C24H25NO2S/c26-23-22-19(15-17-25(23)16-14-18-8-3-1-4-9-18)10-7-13-21(22)24(27)28-20-11-5-2-6-12-20/h1-12,19,21-22H,13-17H2/t19-,21-,22+/m0/s1. The van der Waals surface area contributed by atoms with Crippen LogP contribution < -0.4 is 0 Å². The molecule has 0 unspecified atom stereocenters. The Morgan fingerprint density at radius 3 is 2.50 bits per heavy atom. The van der Waals surface area contributed by atoms with Crippen molar-refractivity contribution in [2.45, 2.75) is 24.2 Å². The quantitative estimate of drug-likeness (QED) is 0.553. The number of carbonyl (C=O) groups excluding carboxylic acids is 2. The van der Waals surface area contributed by atoms with Gasteiger partial charge in [-0.2, -0.15) is 0 Å². The number of nitrogens with zero attached hydrogens (tertiary/aromatic N) is 1. The zero-order valence-corrected chi connectivity index (χ0v) is 16.7. The van der Waals surface area contributed by atoms with Crippen molar-refractivity contribution in [3.63, 3.8) is 0 Å². The second-order valence-corrected chi connectivity index (χ2v) is 8.62. The van der Waals surface area contributed by atoms with Crippen molar-refractivity contribution in [3.05, 3.63) is 78.4 Å². The van der Waals surface area contributed by atoms with Gasteiger partial charge in [0.2, 0.25) is 5.91 Å². The summed E-state index contributed by atoms with van der Waals surface area (Å²) >= 11 is 1.28. The van der Waals surface area contributed by atoms with Crippen LogP contribution in [0.25, 0.3) is 0 Å². The maximum atomic E-state index is 13.3. The Morgan fingerprint density at radius 1 is 1.04 bits per heavy atom. The largest absolute Gasteiger partial charge is 0.342 e. The molecule has 1 fully saturated rings. The van der Waals surface area contributed by atoms with Crippen molar-refractivity contribution in [3.8, 4) is 0 Å². The molecule has 1 aliphatic carbocycles. The van der Waals surface area contributed by atoms with Gasteiger partial charge in [-0.15, -0.1) is 0 Å². The van der Waals surface area contributed by atoms with E-state index in [0.29, 0.717) is 6.42 Å². The van der Waals surface area contributed by atoms with E-state index in [2.05, 4.69) is 24.3 Å². The highest BCUT2D eigenvalue weighted by Gasteiger charge is 2.44. The highest BCUT2D eigenvalue weighted by atomic mass is 32.2. The lowest BCUT2D eigenvalue weighted by molar-refractivity contribution is -0.145. The molecule has 3 nitrogen and oxygen atoms in total. The first kappa shape index (κ1) is 19.0. The summed E-state index contributed by atoms with van der Waals surface area (Å²) in [6, 6.07) is 20.0. The molecular weight excluding hydrogens is 366 g/mol. The van der Waals surface area contributed by atoms with Crippen LogP contribution in [0.4, 0.5) is 0 Å². The third kappa shape index (κ3) is 4.22. The Balaban J connectivity index is 1.45. The number of carbonyl (C=O) groups is 2. The molecule has 2 aromatic rings. The van der Waals surface area contributed by atoms with Crippen LogP contribution >= 0.6 is 11.8 Å². The van der Waals surface area contributed by atoms with E-state index in [1.165, 1.54) is 17.3 Å². The van der Waals surface area contributed by atoms with Gasteiger partial charge >= 0.3 is 0 Å². The van der Waals surface area contributed by atoms with Gasteiger partial charge in [-0.25, -0.2) is 0 Å². The maximum Gasteiger partial charge on any atom is 0.227 e. The highest BCUT2D eigenvalue weighted by molar-refractivity contribution is 8.13. The van der Waals surface area contributed by atoms with Crippen molar-refractivity contribution in [1.82, 2.24) is 4.90 Å². The SMILES string of the molecule is O=C(Sc1ccccc1)[C@H]1CC=C[C@H]2CCN(CCc3ccccc3)C(=O)[C@@H]12. The fourth-order valence-electron chi connectivity index (χ4n) is 4.28. The smallest absolute Gasteiger partial charge is 0.227 e. The minimum Gasteiger partial charge on any atom is -0.342 e. The number of hydrogen-bond acceptors (Lipinski definition) is 3. The molecule has 1 saturated heterocycles. The Morgan fingerprint density at radius 2 is 1.75 bits per heavy atom. The summed E-state index contributed by atoms with van der Waals surface area (Å²) in [6.45, 7) is 1.51. The molecule has 144 valence electrons. The third-order valence-electron chi connectivity index (χ3n) is 5.77. The number of rotatable bonds is 5. The lowest BCUT2D eigenvalue weighted by atomic mass is 9.72. The van der Waals surface area contributed by atoms with Gasteiger partial charge in [0.15, 0.2) is 5.12 Å². The summed E-state index contributed by atoms with van der Waals surface area (Å²) in [5.74, 6) is -0.0893. The number of piperidine rings is 1. The zero-order valence-electron chi connectivity index (χ0n) is 15.9. The van der Waals surface area contributed by atoms with E-state index in [0.717, 1.165) is 30.8 Å². The number of allylic oxidation sites excluding steroid dienone is 2. The molecule has 0 radical (unpaired) electrons. The molecule has 3 atom stereocenters. The number of thioether (sulfide) groups is 1. The molecule has 1 aliphatic heterocycles. The molecule has 0 N–H and O–H groups in total. The number of amides is 1. The van der Waals surface area contributed by atoms with Crippen molar-refractivity contribution >= 4 is 22.8 Å². The van der Waals surface area contributed by atoms with Crippen LogP contribution in [0.3, 0.4) is 0 Å². The van der Waals surface area contributed by atoms with Gasteiger partial charge in [-0.1, -0.05) is 72.4 Å². The normalized spacial score (nSPS) is 24.1. The number of benzene rings is 2. The number of hydrogen-bond donors (Lipinski definition) is 0. The summed E-state index contributed by atoms with van der Waals surface area (Å²) in [7, 11) is 0. The van der Waals surface area contributed by atoms with Crippen LogP contribution in [0.5, 0.6) is 0 Å². The molecule has 0 saturated carbocycles. The molecule has 4 heteroatoms. The summed E-state index contributed by atoms with van der Waals surface area (Å²) in [5, 5.41) is 0.115. The van der Waals surface area contributed by atoms with Crippen LogP contribution in [0.1, 0.15) is 18.4 Å². The summed E-state index contributed by atoms with van der Waals surface area (Å²) in [5.41, 5.74) is 1.24. The van der Waals surface area contributed by atoms with Crippen molar-refractivity contribution in [2.24, 2.45) is 17.8 Å². The molecule has 0 spiro atoms. The van der Waals surface area contributed by atoms with Gasteiger partial charge in [-0.3, -0.25) is 9.59 Å². The fraction of sp³-hybridized carbons (Fsp3) is 0.333. The summed E-state index contributed by atoms with van der Waals surface area (Å²) in [4.78, 5) is 29.2. The van der Waals surface area contributed by atoms with E-state index in [4.69, 9.17) is 0 Å². The van der Waals surface area contributed by atoms with E-state index in [1.54, 1.807) is 0 Å². The summed E-state index contributed by atoms with van der Waals surface area (Å²) < 4.78 is 0.